The van der Waals surface area contributed by atoms with Crippen molar-refractivity contribution in [2.24, 2.45) is 0 Å². The Balaban J connectivity index is 2.24. The summed E-state index contributed by atoms with van der Waals surface area (Å²) >= 11 is 0. The van der Waals surface area contributed by atoms with Gasteiger partial charge in [0, 0.05) is 17.4 Å². The lowest BCUT2D eigenvalue weighted by Gasteiger charge is -2.08. The lowest BCUT2D eigenvalue weighted by atomic mass is 10.2. The molecule has 0 amide bonds. The molecule has 108 valence electrons. The van der Waals surface area contributed by atoms with Crippen LogP contribution in [-0.2, 0) is 4.74 Å². The number of benzene rings is 1. The summed E-state index contributed by atoms with van der Waals surface area (Å²) in [5.41, 5.74) is 1.44. The molecule has 0 aliphatic carbocycles. The van der Waals surface area contributed by atoms with Crippen molar-refractivity contribution >= 4 is 23.4 Å². The molecule has 0 fully saturated rings. The predicted octanol–water partition coefficient (Wildman–Crippen LogP) is 2.01. The zero-order valence-electron chi connectivity index (χ0n) is 11.5. The van der Waals surface area contributed by atoms with E-state index in [1.165, 1.54) is 19.2 Å². The molecule has 21 heavy (non-hydrogen) atoms. The van der Waals surface area contributed by atoms with E-state index in [-0.39, 0.29) is 11.4 Å². The first-order valence-corrected chi connectivity index (χ1v) is 6.04. The summed E-state index contributed by atoms with van der Waals surface area (Å²) in [5, 5.41) is 11.8. The summed E-state index contributed by atoms with van der Waals surface area (Å²) in [6.07, 6.45) is 0. The minimum atomic E-state index is -0.993. The van der Waals surface area contributed by atoms with E-state index < -0.39 is 11.9 Å². The monoisotopic (exact) mass is 287 g/mol. The number of hydrogen-bond acceptors (Lipinski definition) is 6. The van der Waals surface area contributed by atoms with Crippen LogP contribution in [-0.4, -0.2) is 34.1 Å². The number of hydrogen-bond donors (Lipinski definition) is 2. The van der Waals surface area contributed by atoms with Gasteiger partial charge in [0.25, 0.3) is 0 Å². The van der Waals surface area contributed by atoms with E-state index in [9.17, 15) is 9.59 Å². The van der Waals surface area contributed by atoms with Crippen molar-refractivity contribution in [3.63, 3.8) is 0 Å². The van der Waals surface area contributed by atoms with Gasteiger partial charge in [-0.15, -0.1) is 0 Å². The van der Waals surface area contributed by atoms with E-state index in [0.29, 0.717) is 17.2 Å². The Bertz CT molecular complexity index is 683. The Morgan fingerprint density at radius 1 is 1.19 bits per heavy atom. The van der Waals surface area contributed by atoms with Crippen LogP contribution in [0.25, 0.3) is 0 Å². The average Bonchev–Trinajstić information content (AvgIpc) is 2.46. The third-order valence-electron chi connectivity index (χ3n) is 2.63. The van der Waals surface area contributed by atoms with Gasteiger partial charge in [0.05, 0.1) is 12.7 Å². The molecular weight excluding hydrogens is 274 g/mol. The summed E-state index contributed by atoms with van der Waals surface area (Å²) in [6.45, 7) is 1.73. The van der Waals surface area contributed by atoms with Gasteiger partial charge in [0.1, 0.15) is 5.82 Å². The minimum Gasteiger partial charge on any atom is -0.478 e. The van der Waals surface area contributed by atoms with Gasteiger partial charge >= 0.3 is 11.9 Å². The Kier molecular flexibility index (Phi) is 4.13. The van der Waals surface area contributed by atoms with E-state index in [4.69, 9.17) is 5.11 Å². The molecule has 0 aliphatic heterocycles. The van der Waals surface area contributed by atoms with Gasteiger partial charge in [-0.2, -0.15) is 0 Å². The second-order valence-electron chi connectivity index (χ2n) is 4.22. The SMILES string of the molecule is COC(=O)c1nc(C)cc(Nc2ccc(C(=O)O)cc2)n1. The number of aromatic carboxylic acids is 1. The van der Waals surface area contributed by atoms with Crippen LogP contribution in [0.1, 0.15) is 26.7 Å². The second kappa shape index (κ2) is 6.00. The first-order valence-electron chi connectivity index (χ1n) is 6.04. The number of carboxylic acids is 1. The Hall–Kier alpha value is -2.96. The first kappa shape index (κ1) is 14.4. The highest BCUT2D eigenvalue weighted by molar-refractivity contribution is 5.88. The third kappa shape index (κ3) is 3.53. The van der Waals surface area contributed by atoms with Crippen LogP contribution in [0.4, 0.5) is 11.5 Å². The van der Waals surface area contributed by atoms with E-state index in [1.54, 1.807) is 25.1 Å². The van der Waals surface area contributed by atoms with Gasteiger partial charge in [0.15, 0.2) is 0 Å². The third-order valence-corrected chi connectivity index (χ3v) is 2.63. The van der Waals surface area contributed by atoms with E-state index in [1.807, 2.05) is 0 Å². The van der Waals surface area contributed by atoms with E-state index in [2.05, 4.69) is 20.0 Å². The highest BCUT2D eigenvalue weighted by Crippen LogP contribution is 2.16. The number of anilines is 2. The fraction of sp³-hybridized carbons (Fsp3) is 0.143. The lowest BCUT2D eigenvalue weighted by molar-refractivity contribution is 0.0585. The van der Waals surface area contributed by atoms with Crippen molar-refractivity contribution < 1.29 is 19.4 Å². The molecule has 0 aliphatic rings. The molecule has 7 nitrogen and oxygen atoms in total. The van der Waals surface area contributed by atoms with Gasteiger partial charge in [0.2, 0.25) is 5.82 Å². The summed E-state index contributed by atoms with van der Waals surface area (Å²) in [6, 6.07) is 7.83. The smallest absolute Gasteiger partial charge is 0.376 e. The summed E-state index contributed by atoms with van der Waals surface area (Å²) in [4.78, 5) is 30.2. The highest BCUT2D eigenvalue weighted by Gasteiger charge is 2.11. The number of methoxy groups -OCH3 is 1. The number of esters is 1. The molecule has 2 aromatic rings. The zero-order chi connectivity index (χ0) is 15.4. The molecule has 7 heteroatoms. The number of aromatic nitrogens is 2. The highest BCUT2D eigenvalue weighted by atomic mass is 16.5. The maximum absolute atomic E-state index is 11.4. The summed E-state index contributed by atoms with van der Waals surface area (Å²) in [7, 11) is 1.26. The minimum absolute atomic E-state index is 0.0397. The second-order valence-corrected chi connectivity index (χ2v) is 4.22. The molecule has 1 aromatic heterocycles. The molecule has 0 saturated heterocycles. The summed E-state index contributed by atoms with van der Waals surface area (Å²) in [5.74, 6) is -1.23. The molecule has 2 N–H and O–H groups in total. The van der Waals surface area contributed by atoms with Crippen molar-refractivity contribution in [2.45, 2.75) is 6.92 Å². The number of ether oxygens (including phenoxy) is 1. The molecule has 0 saturated carbocycles. The van der Waals surface area contributed by atoms with Crippen LogP contribution < -0.4 is 5.32 Å². The molecular formula is C14H13N3O4. The predicted molar refractivity (Wildman–Crippen MR) is 74.8 cm³/mol. The van der Waals surface area contributed by atoms with Crippen molar-refractivity contribution in [3.8, 4) is 0 Å². The molecule has 2 rings (SSSR count). The standard InChI is InChI=1S/C14H13N3O4/c1-8-7-11(17-12(15-8)14(20)21-2)16-10-5-3-9(4-6-10)13(18)19/h3-7H,1-2H3,(H,18,19)(H,15,16,17). The van der Waals surface area contributed by atoms with Gasteiger partial charge in [-0.1, -0.05) is 0 Å². The number of carbonyl (C=O) groups is 2. The molecule has 0 radical (unpaired) electrons. The van der Waals surface area contributed by atoms with Crippen LogP contribution in [0.15, 0.2) is 30.3 Å². The molecule has 0 unspecified atom stereocenters. The Morgan fingerprint density at radius 3 is 2.43 bits per heavy atom. The van der Waals surface area contributed by atoms with Gasteiger partial charge in [-0.3, -0.25) is 0 Å². The number of nitrogens with zero attached hydrogens (tertiary/aromatic N) is 2. The van der Waals surface area contributed by atoms with E-state index in [0.717, 1.165) is 0 Å². The normalized spacial score (nSPS) is 10.0. The molecule has 1 aromatic carbocycles. The van der Waals surface area contributed by atoms with Crippen LogP contribution >= 0.6 is 0 Å². The van der Waals surface area contributed by atoms with Crippen LogP contribution in [0, 0.1) is 6.92 Å². The number of carbonyl (C=O) groups excluding carboxylic acids is 1. The maximum Gasteiger partial charge on any atom is 0.376 e. The van der Waals surface area contributed by atoms with Crippen LogP contribution in [0.3, 0.4) is 0 Å². The van der Waals surface area contributed by atoms with Crippen molar-refractivity contribution in [2.75, 3.05) is 12.4 Å². The quantitative estimate of drug-likeness (QED) is 0.829. The topological polar surface area (TPSA) is 101 Å². The van der Waals surface area contributed by atoms with E-state index >= 15 is 0 Å². The van der Waals surface area contributed by atoms with Gasteiger partial charge < -0.3 is 15.2 Å². The largest absolute Gasteiger partial charge is 0.478 e. The number of nitrogens with one attached hydrogen (secondary N) is 1. The Labute approximate surface area is 120 Å². The van der Waals surface area contributed by atoms with Crippen LogP contribution in [0.2, 0.25) is 0 Å². The van der Waals surface area contributed by atoms with Crippen molar-refractivity contribution in [1.82, 2.24) is 9.97 Å². The van der Waals surface area contributed by atoms with Gasteiger partial charge in [-0.25, -0.2) is 19.6 Å². The molecule has 0 spiro atoms. The van der Waals surface area contributed by atoms with Crippen LogP contribution in [0.5, 0.6) is 0 Å². The Morgan fingerprint density at radius 2 is 1.86 bits per heavy atom. The number of aryl methyl sites for hydroxylation is 1. The molecule has 1 heterocycles. The fourth-order valence-electron chi connectivity index (χ4n) is 1.66. The number of carboxylic acid groups (broad SMARTS) is 1. The molecule has 0 atom stereocenters. The van der Waals surface area contributed by atoms with Crippen molar-refractivity contribution in [3.05, 3.63) is 47.4 Å². The fourth-order valence-corrected chi connectivity index (χ4v) is 1.66. The maximum atomic E-state index is 11.4. The zero-order valence-corrected chi connectivity index (χ0v) is 11.5. The van der Waals surface area contributed by atoms with Crippen molar-refractivity contribution in [1.29, 1.82) is 0 Å². The molecule has 0 bridgehead atoms. The average molecular weight is 287 g/mol. The summed E-state index contributed by atoms with van der Waals surface area (Å²) < 4.78 is 4.58. The number of rotatable bonds is 4. The van der Waals surface area contributed by atoms with Gasteiger partial charge in [-0.05, 0) is 31.2 Å². The first-order chi connectivity index (χ1) is 9.99. The lowest BCUT2D eigenvalue weighted by Crippen LogP contribution is -2.10.